The Kier molecular flexibility index (Phi) is 6.98. The average Bonchev–Trinajstić information content (AvgIpc) is 2.39. The number of ether oxygens (including phenoxy) is 4. The fourth-order valence-electron chi connectivity index (χ4n) is 1.37. The quantitative estimate of drug-likeness (QED) is 0.537. The molecule has 0 fully saturated rings. The minimum atomic E-state index is 0.573. The summed E-state index contributed by atoms with van der Waals surface area (Å²) in [6.07, 6.45) is 0.815. The SMILES string of the molecule is COCCOCCCOc1ccc(OC)cc1N. The highest BCUT2D eigenvalue weighted by molar-refractivity contribution is 5.56. The van der Waals surface area contributed by atoms with Crippen molar-refractivity contribution < 1.29 is 18.9 Å². The highest BCUT2D eigenvalue weighted by Gasteiger charge is 2.01. The maximum absolute atomic E-state index is 5.82. The van der Waals surface area contributed by atoms with E-state index in [0.717, 1.165) is 12.2 Å². The summed E-state index contributed by atoms with van der Waals surface area (Å²) >= 11 is 0. The molecule has 1 rings (SSSR count). The van der Waals surface area contributed by atoms with Gasteiger partial charge in [0.05, 0.1) is 32.6 Å². The lowest BCUT2D eigenvalue weighted by molar-refractivity contribution is 0.0645. The summed E-state index contributed by atoms with van der Waals surface area (Å²) in [5.74, 6) is 1.40. The fraction of sp³-hybridized carbons (Fsp3) is 0.538. The lowest BCUT2D eigenvalue weighted by Crippen LogP contribution is -2.07. The average molecular weight is 255 g/mol. The fourth-order valence-corrected chi connectivity index (χ4v) is 1.37. The molecule has 5 heteroatoms. The summed E-state index contributed by atoms with van der Waals surface area (Å²) in [7, 11) is 3.26. The summed E-state index contributed by atoms with van der Waals surface area (Å²) in [5, 5.41) is 0. The van der Waals surface area contributed by atoms with Crippen molar-refractivity contribution in [3.05, 3.63) is 18.2 Å². The van der Waals surface area contributed by atoms with Crippen LogP contribution in [-0.4, -0.2) is 40.6 Å². The van der Waals surface area contributed by atoms with Crippen molar-refractivity contribution in [2.75, 3.05) is 46.4 Å². The molecule has 0 aromatic heterocycles. The zero-order valence-electron chi connectivity index (χ0n) is 11.0. The molecule has 0 atom stereocenters. The molecule has 0 aliphatic heterocycles. The van der Waals surface area contributed by atoms with Gasteiger partial charge in [0.15, 0.2) is 0 Å². The van der Waals surface area contributed by atoms with Crippen LogP contribution in [0, 0.1) is 0 Å². The topological polar surface area (TPSA) is 62.9 Å². The Morgan fingerprint density at radius 3 is 2.56 bits per heavy atom. The molecule has 0 radical (unpaired) electrons. The minimum Gasteiger partial charge on any atom is -0.497 e. The third-order valence-corrected chi connectivity index (χ3v) is 2.34. The molecule has 0 aliphatic rings. The first kappa shape index (κ1) is 14.6. The monoisotopic (exact) mass is 255 g/mol. The van der Waals surface area contributed by atoms with E-state index in [1.807, 2.05) is 6.07 Å². The van der Waals surface area contributed by atoms with Gasteiger partial charge >= 0.3 is 0 Å². The molecule has 5 nitrogen and oxygen atoms in total. The molecule has 0 unspecified atom stereocenters. The molecule has 1 aromatic rings. The van der Waals surface area contributed by atoms with Crippen LogP contribution in [0.1, 0.15) is 6.42 Å². The van der Waals surface area contributed by atoms with Crippen molar-refractivity contribution >= 4 is 5.69 Å². The van der Waals surface area contributed by atoms with Gasteiger partial charge in [-0.05, 0) is 12.1 Å². The van der Waals surface area contributed by atoms with E-state index in [2.05, 4.69) is 0 Å². The van der Waals surface area contributed by atoms with E-state index < -0.39 is 0 Å². The van der Waals surface area contributed by atoms with E-state index in [-0.39, 0.29) is 0 Å². The number of nitrogens with two attached hydrogens (primary N) is 1. The summed E-state index contributed by atoms with van der Waals surface area (Å²) < 4.78 is 20.8. The van der Waals surface area contributed by atoms with Crippen LogP contribution >= 0.6 is 0 Å². The van der Waals surface area contributed by atoms with Crippen LogP contribution < -0.4 is 15.2 Å². The largest absolute Gasteiger partial charge is 0.497 e. The minimum absolute atomic E-state index is 0.573. The molecule has 102 valence electrons. The van der Waals surface area contributed by atoms with Crippen LogP contribution in [0.15, 0.2) is 18.2 Å². The molecule has 0 saturated heterocycles. The molecular formula is C13H21NO4. The smallest absolute Gasteiger partial charge is 0.142 e. The van der Waals surface area contributed by atoms with Gasteiger partial charge in [0.2, 0.25) is 0 Å². The second kappa shape index (κ2) is 8.60. The van der Waals surface area contributed by atoms with E-state index in [1.54, 1.807) is 26.4 Å². The number of hydrogen-bond acceptors (Lipinski definition) is 5. The predicted molar refractivity (Wildman–Crippen MR) is 70.2 cm³/mol. The van der Waals surface area contributed by atoms with Gasteiger partial charge in [-0.1, -0.05) is 0 Å². The van der Waals surface area contributed by atoms with E-state index in [4.69, 9.17) is 24.7 Å². The van der Waals surface area contributed by atoms with E-state index in [0.29, 0.717) is 37.9 Å². The zero-order valence-corrected chi connectivity index (χ0v) is 11.0. The second-order valence-electron chi connectivity index (χ2n) is 3.71. The van der Waals surface area contributed by atoms with Gasteiger partial charge in [-0.15, -0.1) is 0 Å². The number of nitrogen functional groups attached to an aromatic ring is 1. The Morgan fingerprint density at radius 1 is 1.06 bits per heavy atom. The number of anilines is 1. The van der Waals surface area contributed by atoms with Crippen LogP contribution in [0.2, 0.25) is 0 Å². The molecule has 0 saturated carbocycles. The maximum atomic E-state index is 5.82. The Morgan fingerprint density at radius 2 is 1.89 bits per heavy atom. The second-order valence-corrected chi connectivity index (χ2v) is 3.71. The van der Waals surface area contributed by atoms with Gasteiger partial charge in [-0.3, -0.25) is 0 Å². The number of hydrogen-bond donors (Lipinski definition) is 1. The lowest BCUT2D eigenvalue weighted by atomic mass is 10.3. The van der Waals surface area contributed by atoms with Crippen molar-refractivity contribution in [3.8, 4) is 11.5 Å². The summed E-state index contributed by atoms with van der Waals surface area (Å²) in [6, 6.07) is 5.37. The standard InChI is InChI=1S/C13H21NO4/c1-15-8-9-17-6-3-7-18-13-5-4-11(16-2)10-12(13)14/h4-5,10H,3,6-9,14H2,1-2H3. The zero-order chi connectivity index (χ0) is 13.2. The normalized spacial score (nSPS) is 10.3. The highest BCUT2D eigenvalue weighted by Crippen LogP contribution is 2.26. The van der Waals surface area contributed by atoms with Gasteiger partial charge in [-0.25, -0.2) is 0 Å². The first-order valence-electron chi connectivity index (χ1n) is 5.91. The van der Waals surface area contributed by atoms with Crippen molar-refractivity contribution in [3.63, 3.8) is 0 Å². The Balaban J connectivity index is 2.19. The molecule has 2 N–H and O–H groups in total. The van der Waals surface area contributed by atoms with Crippen molar-refractivity contribution in [2.45, 2.75) is 6.42 Å². The van der Waals surface area contributed by atoms with Crippen molar-refractivity contribution in [1.82, 2.24) is 0 Å². The molecule has 0 bridgehead atoms. The lowest BCUT2D eigenvalue weighted by Gasteiger charge is -2.10. The van der Waals surface area contributed by atoms with E-state index in [1.165, 1.54) is 0 Å². The third kappa shape index (κ3) is 5.25. The van der Waals surface area contributed by atoms with Crippen LogP contribution in [0.25, 0.3) is 0 Å². The molecular weight excluding hydrogens is 234 g/mol. The predicted octanol–water partition coefficient (Wildman–Crippen LogP) is 1.71. The van der Waals surface area contributed by atoms with Crippen LogP contribution in [0.4, 0.5) is 5.69 Å². The molecule has 0 heterocycles. The van der Waals surface area contributed by atoms with Crippen molar-refractivity contribution in [1.29, 1.82) is 0 Å². The van der Waals surface area contributed by atoms with Crippen LogP contribution in [0.5, 0.6) is 11.5 Å². The molecule has 1 aromatic carbocycles. The van der Waals surface area contributed by atoms with Crippen molar-refractivity contribution in [2.24, 2.45) is 0 Å². The van der Waals surface area contributed by atoms with Gasteiger partial charge in [0.25, 0.3) is 0 Å². The molecule has 0 spiro atoms. The number of methoxy groups -OCH3 is 2. The summed E-state index contributed by atoms with van der Waals surface area (Å²) in [4.78, 5) is 0. The first-order valence-corrected chi connectivity index (χ1v) is 5.91. The van der Waals surface area contributed by atoms with E-state index in [9.17, 15) is 0 Å². The van der Waals surface area contributed by atoms with E-state index >= 15 is 0 Å². The van der Waals surface area contributed by atoms with Gasteiger partial charge in [-0.2, -0.15) is 0 Å². The number of rotatable bonds is 9. The Labute approximate surface area is 108 Å². The highest BCUT2D eigenvalue weighted by atomic mass is 16.5. The van der Waals surface area contributed by atoms with Gasteiger partial charge in [0.1, 0.15) is 11.5 Å². The van der Waals surface area contributed by atoms with Gasteiger partial charge in [0, 0.05) is 26.2 Å². The third-order valence-electron chi connectivity index (χ3n) is 2.34. The van der Waals surface area contributed by atoms with Gasteiger partial charge < -0.3 is 24.7 Å². The molecule has 0 aliphatic carbocycles. The number of benzene rings is 1. The summed E-state index contributed by atoms with van der Waals surface area (Å²) in [5.41, 5.74) is 6.40. The Hall–Kier alpha value is -1.46. The molecule has 18 heavy (non-hydrogen) atoms. The molecule has 0 amide bonds. The first-order chi connectivity index (χ1) is 8.77. The summed E-state index contributed by atoms with van der Waals surface area (Å²) in [6.45, 7) is 2.45. The Bertz CT molecular complexity index is 344. The van der Waals surface area contributed by atoms with Crippen LogP contribution in [0.3, 0.4) is 0 Å². The maximum Gasteiger partial charge on any atom is 0.142 e. The van der Waals surface area contributed by atoms with Crippen LogP contribution in [-0.2, 0) is 9.47 Å².